The van der Waals surface area contributed by atoms with Gasteiger partial charge in [-0.25, -0.2) is 0 Å². The van der Waals surface area contributed by atoms with Crippen molar-refractivity contribution in [2.45, 2.75) is 20.1 Å². The first-order valence-electron chi connectivity index (χ1n) is 4.20. The average molecular weight is 196 g/mol. The molecule has 1 aromatic carbocycles. The van der Waals surface area contributed by atoms with Crippen LogP contribution in [0.5, 0.6) is 0 Å². The summed E-state index contributed by atoms with van der Waals surface area (Å²) in [6.07, 6.45) is -0.726. The van der Waals surface area contributed by atoms with Gasteiger partial charge < -0.3 is 10.4 Å². The molecule has 0 aliphatic heterocycles. The normalized spacial score (nSPS) is 12.2. The maximum atomic E-state index is 10.5. The van der Waals surface area contributed by atoms with E-state index in [0.717, 1.165) is 5.56 Å². The third-order valence-electron chi connectivity index (χ3n) is 1.80. The highest BCUT2D eigenvalue weighted by Crippen LogP contribution is 2.21. The van der Waals surface area contributed by atoms with Crippen molar-refractivity contribution in [3.8, 4) is 0 Å². The summed E-state index contributed by atoms with van der Waals surface area (Å²) in [5.41, 5.74) is 1.45. The number of benzene rings is 1. The van der Waals surface area contributed by atoms with Crippen LogP contribution in [0, 0.1) is 17.0 Å². The summed E-state index contributed by atoms with van der Waals surface area (Å²) < 4.78 is 0. The van der Waals surface area contributed by atoms with E-state index in [-0.39, 0.29) is 5.69 Å². The summed E-state index contributed by atoms with van der Waals surface area (Å²) in [5, 5.41) is 22.3. The summed E-state index contributed by atoms with van der Waals surface area (Å²) in [6.45, 7) is 3.37. The third kappa shape index (κ3) is 2.43. The van der Waals surface area contributed by atoms with Gasteiger partial charge in [0.25, 0.3) is 5.69 Å². The van der Waals surface area contributed by atoms with E-state index in [0.29, 0.717) is 5.69 Å². The Bertz CT molecular complexity index is 350. The number of hydrogen-bond donors (Lipinski definition) is 2. The van der Waals surface area contributed by atoms with Crippen molar-refractivity contribution in [1.29, 1.82) is 0 Å². The molecule has 0 saturated carbocycles. The Morgan fingerprint density at radius 1 is 1.57 bits per heavy atom. The number of nitro benzene ring substituents is 1. The lowest BCUT2D eigenvalue weighted by Gasteiger charge is -2.11. The second kappa shape index (κ2) is 4.06. The number of nitrogens with one attached hydrogen (secondary N) is 1. The molecular formula is C9H12N2O3. The van der Waals surface area contributed by atoms with Crippen LogP contribution in [0.3, 0.4) is 0 Å². The van der Waals surface area contributed by atoms with Crippen LogP contribution in [-0.2, 0) is 0 Å². The van der Waals surface area contributed by atoms with Crippen LogP contribution in [0.2, 0.25) is 0 Å². The Balaban J connectivity index is 3.02. The maximum Gasteiger partial charge on any atom is 0.271 e. The van der Waals surface area contributed by atoms with Gasteiger partial charge in [-0.1, -0.05) is 6.07 Å². The molecule has 0 aromatic heterocycles. The highest BCUT2D eigenvalue weighted by atomic mass is 16.6. The molecule has 0 heterocycles. The molecule has 1 rings (SSSR count). The molecule has 1 unspecified atom stereocenters. The smallest absolute Gasteiger partial charge is 0.271 e. The van der Waals surface area contributed by atoms with Gasteiger partial charge in [0.1, 0.15) is 6.23 Å². The highest BCUT2D eigenvalue weighted by molar-refractivity contribution is 5.56. The van der Waals surface area contributed by atoms with Gasteiger partial charge in [0.2, 0.25) is 0 Å². The molecule has 5 nitrogen and oxygen atoms in total. The summed E-state index contributed by atoms with van der Waals surface area (Å²) in [4.78, 5) is 10.00. The van der Waals surface area contributed by atoms with E-state index in [1.807, 2.05) is 6.92 Å². The van der Waals surface area contributed by atoms with E-state index in [4.69, 9.17) is 5.11 Å². The van der Waals surface area contributed by atoms with Crippen LogP contribution in [0.15, 0.2) is 18.2 Å². The monoisotopic (exact) mass is 196 g/mol. The molecule has 0 aliphatic carbocycles. The summed E-state index contributed by atoms with van der Waals surface area (Å²) in [6, 6.07) is 4.48. The minimum Gasteiger partial charge on any atom is -0.374 e. The predicted octanol–water partition coefficient (Wildman–Crippen LogP) is 1.65. The summed E-state index contributed by atoms with van der Waals surface area (Å²) in [5.74, 6) is 0. The zero-order chi connectivity index (χ0) is 10.7. The molecule has 0 fully saturated rings. The molecule has 0 aliphatic rings. The van der Waals surface area contributed by atoms with Crippen molar-refractivity contribution in [2.75, 3.05) is 5.32 Å². The van der Waals surface area contributed by atoms with Crippen LogP contribution < -0.4 is 5.32 Å². The number of non-ortho nitro benzene ring substituents is 1. The van der Waals surface area contributed by atoms with Crippen molar-refractivity contribution < 1.29 is 10.0 Å². The number of aliphatic hydroxyl groups excluding tert-OH is 1. The fourth-order valence-electron chi connectivity index (χ4n) is 1.10. The Kier molecular flexibility index (Phi) is 3.03. The number of anilines is 1. The molecule has 2 N–H and O–H groups in total. The lowest BCUT2D eigenvalue weighted by molar-refractivity contribution is -0.384. The first-order chi connectivity index (χ1) is 6.50. The molecule has 0 bridgehead atoms. The van der Waals surface area contributed by atoms with E-state index in [1.165, 1.54) is 12.1 Å². The number of aryl methyl sites for hydroxylation is 1. The van der Waals surface area contributed by atoms with Crippen LogP contribution >= 0.6 is 0 Å². The van der Waals surface area contributed by atoms with E-state index >= 15 is 0 Å². The Labute approximate surface area is 81.5 Å². The first kappa shape index (κ1) is 10.5. The van der Waals surface area contributed by atoms with Gasteiger partial charge >= 0.3 is 0 Å². The molecule has 0 saturated heterocycles. The number of aliphatic hydroxyl groups is 1. The summed E-state index contributed by atoms with van der Waals surface area (Å²) >= 11 is 0. The topological polar surface area (TPSA) is 75.4 Å². The van der Waals surface area contributed by atoms with Crippen LogP contribution in [0.25, 0.3) is 0 Å². The Hall–Kier alpha value is -1.62. The van der Waals surface area contributed by atoms with Crippen LogP contribution in [0.1, 0.15) is 12.5 Å². The molecule has 0 radical (unpaired) electrons. The molecule has 14 heavy (non-hydrogen) atoms. The van der Waals surface area contributed by atoms with Crippen molar-refractivity contribution >= 4 is 11.4 Å². The number of hydrogen-bond acceptors (Lipinski definition) is 4. The van der Waals surface area contributed by atoms with E-state index < -0.39 is 11.2 Å². The SMILES string of the molecule is Cc1ccc([N+](=O)[O-])cc1NC(C)O. The second-order valence-corrected chi connectivity index (χ2v) is 3.08. The zero-order valence-corrected chi connectivity index (χ0v) is 8.02. The van der Waals surface area contributed by atoms with Gasteiger partial charge in [-0.2, -0.15) is 0 Å². The van der Waals surface area contributed by atoms with Gasteiger partial charge in [-0.3, -0.25) is 10.1 Å². The van der Waals surface area contributed by atoms with Gasteiger partial charge in [-0.05, 0) is 19.4 Å². The zero-order valence-electron chi connectivity index (χ0n) is 8.02. The van der Waals surface area contributed by atoms with Gasteiger partial charge in [0, 0.05) is 17.8 Å². The highest BCUT2D eigenvalue weighted by Gasteiger charge is 2.08. The number of rotatable bonds is 3. The van der Waals surface area contributed by atoms with Crippen molar-refractivity contribution in [1.82, 2.24) is 0 Å². The minimum atomic E-state index is -0.726. The van der Waals surface area contributed by atoms with Gasteiger partial charge in [0.05, 0.1) is 4.92 Å². The molecule has 5 heteroatoms. The first-order valence-corrected chi connectivity index (χ1v) is 4.20. The van der Waals surface area contributed by atoms with E-state index in [1.54, 1.807) is 13.0 Å². The van der Waals surface area contributed by atoms with E-state index in [2.05, 4.69) is 5.32 Å². The van der Waals surface area contributed by atoms with Crippen molar-refractivity contribution in [3.63, 3.8) is 0 Å². The van der Waals surface area contributed by atoms with Crippen molar-refractivity contribution in [2.24, 2.45) is 0 Å². The fraction of sp³-hybridized carbons (Fsp3) is 0.333. The summed E-state index contributed by atoms with van der Waals surface area (Å²) in [7, 11) is 0. The number of nitrogens with zero attached hydrogens (tertiary/aromatic N) is 1. The largest absolute Gasteiger partial charge is 0.374 e. The lowest BCUT2D eigenvalue weighted by Crippen LogP contribution is -2.14. The molecule has 0 spiro atoms. The standard InChI is InChI=1S/C9H12N2O3/c1-6-3-4-8(11(13)14)5-9(6)10-7(2)12/h3-5,7,10,12H,1-2H3. The molecule has 1 atom stereocenters. The van der Waals surface area contributed by atoms with Crippen LogP contribution in [-0.4, -0.2) is 16.3 Å². The van der Waals surface area contributed by atoms with Gasteiger partial charge in [-0.15, -0.1) is 0 Å². The maximum absolute atomic E-state index is 10.5. The van der Waals surface area contributed by atoms with Gasteiger partial charge in [0.15, 0.2) is 0 Å². The second-order valence-electron chi connectivity index (χ2n) is 3.08. The Morgan fingerprint density at radius 2 is 2.21 bits per heavy atom. The Morgan fingerprint density at radius 3 is 2.71 bits per heavy atom. The third-order valence-corrected chi connectivity index (χ3v) is 1.80. The molecule has 76 valence electrons. The molecular weight excluding hydrogens is 184 g/mol. The molecule has 0 amide bonds. The lowest BCUT2D eigenvalue weighted by atomic mass is 10.2. The average Bonchev–Trinajstić information content (AvgIpc) is 2.07. The fourth-order valence-corrected chi connectivity index (χ4v) is 1.10. The predicted molar refractivity (Wildman–Crippen MR) is 53.1 cm³/mol. The number of nitro groups is 1. The molecule has 1 aromatic rings. The quantitative estimate of drug-likeness (QED) is 0.438. The van der Waals surface area contributed by atoms with E-state index in [9.17, 15) is 10.1 Å². The van der Waals surface area contributed by atoms with Crippen molar-refractivity contribution in [3.05, 3.63) is 33.9 Å². The van der Waals surface area contributed by atoms with Crippen LogP contribution in [0.4, 0.5) is 11.4 Å². The minimum absolute atomic E-state index is 0.0127.